The highest BCUT2D eigenvalue weighted by molar-refractivity contribution is 6.39. The molecule has 0 saturated carbocycles. The van der Waals surface area contributed by atoms with E-state index in [1.165, 1.54) is 12.1 Å². The first-order chi connectivity index (χ1) is 11.4. The molecule has 2 aliphatic rings. The van der Waals surface area contributed by atoms with Crippen molar-refractivity contribution in [1.82, 2.24) is 5.12 Å². The van der Waals surface area contributed by atoms with Crippen LogP contribution in [-0.2, 0) is 19.1 Å². The number of anilines is 1. The Morgan fingerprint density at radius 1 is 1.29 bits per heavy atom. The summed E-state index contributed by atoms with van der Waals surface area (Å²) < 4.78 is 17.6. The Labute approximate surface area is 134 Å². The molecule has 1 spiro atoms. The van der Waals surface area contributed by atoms with Crippen molar-refractivity contribution in [2.24, 2.45) is 10.4 Å². The topological polar surface area (TPSA) is 109 Å². The molecule has 24 heavy (non-hydrogen) atoms. The summed E-state index contributed by atoms with van der Waals surface area (Å²) in [5.74, 6) is -2.72. The van der Waals surface area contributed by atoms with Crippen molar-refractivity contribution in [2.45, 2.75) is 18.4 Å². The lowest BCUT2D eigenvalue weighted by Gasteiger charge is -2.24. The third kappa shape index (κ3) is 2.14. The number of esters is 1. The summed E-state index contributed by atoms with van der Waals surface area (Å²) in [7, 11) is 1.13. The Bertz CT molecular complexity index is 778. The number of nitrogens with zero attached hydrogens (tertiary/aromatic N) is 4. The molecule has 0 aliphatic carbocycles. The Kier molecular flexibility index (Phi) is 3.59. The van der Waals surface area contributed by atoms with Crippen molar-refractivity contribution >= 4 is 29.2 Å². The highest BCUT2D eigenvalue weighted by Gasteiger charge is 2.61. The SMILES string of the molecule is COC(=O)C1=NN(N=O)[C@]2(CC(=O)N(c3ccc(F)cc3)C2=O)C1. The Hall–Kier alpha value is -3.17. The molecule has 1 atom stereocenters. The van der Waals surface area contributed by atoms with Gasteiger partial charge in [-0.1, -0.05) is 0 Å². The molecule has 1 fully saturated rings. The van der Waals surface area contributed by atoms with Crippen LogP contribution in [0, 0.1) is 10.7 Å². The third-order valence-corrected chi connectivity index (χ3v) is 3.94. The number of methoxy groups -OCH3 is 1. The molecular formula is C14H11FN4O5. The molecule has 2 aliphatic heterocycles. The summed E-state index contributed by atoms with van der Waals surface area (Å²) in [6.45, 7) is 0. The number of rotatable bonds is 3. The molecule has 0 N–H and O–H groups in total. The fourth-order valence-corrected chi connectivity index (χ4v) is 2.79. The van der Waals surface area contributed by atoms with Crippen molar-refractivity contribution in [2.75, 3.05) is 12.0 Å². The van der Waals surface area contributed by atoms with Crippen LogP contribution in [0.5, 0.6) is 0 Å². The van der Waals surface area contributed by atoms with Crippen LogP contribution in [0.25, 0.3) is 0 Å². The molecule has 2 amide bonds. The predicted molar refractivity (Wildman–Crippen MR) is 77.9 cm³/mol. The van der Waals surface area contributed by atoms with E-state index in [1.54, 1.807) is 0 Å². The Morgan fingerprint density at radius 3 is 2.54 bits per heavy atom. The van der Waals surface area contributed by atoms with Crippen molar-refractivity contribution in [1.29, 1.82) is 0 Å². The number of hydrogen-bond donors (Lipinski definition) is 0. The summed E-state index contributed by atoms with van der Waals surface area (Å²) in [6, 6.07) is 4.73. The van der Waals surface area contributed by atoms with E-state index in [1.807, 2.05) is 0 Å². The number of hydrazone groups is 1. The summed E-state index contributed by atoms with van der Waals surface area (Å²) >= 11 is 0. The molecule has 124 valence electrons. The van der Waals surface area contributed by atoms with Gasteiger partial charge in [-0.25, -0.2) is 14.1 Å². The molecule has 1 aromatic rings. The zero-order valence-corrected chi connectivity index (χ0v) is 12.4. The maximum Gasteiger partial charge on any atom is 0.354 e. The van der Waals surface area contributed by atoms with E-state index in [0.717, 1.165) is 24.1 Å². The Balaban J connectivity index is 1.97. The number of imide groups is 1. The highest BCUT2D eigenvalue weighted by Crippen LogP contribution is 2.40. The fraction of sp³-hybridized carbons (Fsp3) is 0.286. The fourth-order valence-electron chi connectivity index (χ4n) is 2.79. The van der Waals surface area contributed by atoms with Crippen molar-refractivity contribution in [3.63, 3.8) is 0 Å². The van der Waals surface area contributed by atoms with E-state index in [0.29, 0.717) is 5.12 Å². The zero-order valence-electron chi connectivity index (χ0n) is 12.4. The lowest BCUT2D eigenvalue weighted by molar-refractivity contribution is -0.132. The van der Waals surface area contributed by atoms with Crippen LogP contribution in [-0.4, -0.2) is 41.3 Å². The molecular weight excluding hydrogens is 323 g/mol. The van der Waals surface area contributed by atoms with Crippen molar-refractivity contribution in [3.8, 4) is 0 Å². The van der Waals surface area contributed by atoms with Gasteiger partial charge in [-0.15, -0.1) is 15.1 Å². The molecule has 9 nitrogen and oxygen atoms in total. The molecule has 1 saturated heterocycles. The minimum atomic E-state index is -1.70. The third-order valence-electron chi connectivity index (χ3n) is 3.94. The average molecular weight is 334 g/mol. The van der Waals surface area contributed by atoms with E-state index < -0.39 is 29.1 Å². The molecule has 0 bridgehead atoms. The van der Waals surface area contributed by atoms with Gasteiger partial charge in [-0.3, -0.25) is 9.59 Å². The zero-order chi connectivity index (χ0) is 17.5. The first-order valence-corrected chi connectivity index (χ1v) is 6.85. The summed E-state index contributed by atoms with van der Waals surface area (Å²) in [4.78, 5) is 48.6. The monoisotopic (exact) mass is 334 g/mol. The van der Waals surface area contributed by atoms with Crippen molar-refractivity contribution in [3.05, 3.63) is 35.0 Å². The number of hydrogen-bond acceptors (Lipinski definition) is 7. The van der Waals surface area contributed by atoms with Gasteiger partial charge < -0.3 is 4.74 Å². The van der Waals surface area contributed by atoms with Crippen LogP contribution in [0.2, 0.25) is 0 Å². The van der Waals surface area contributed by atoms with E-state index >= 15 is 0 Å². The number of benzene rings is 1. The molecule has 2 heterocycles. The summed E-state index contributed by atoms with van der Waals surface area (Å²) in [5, 5.41) is 6.85. The minimum Gasteiger partial charge on any atom is -0.464 e. The van der Waals surface area contributed by atoms with E-state index in [-0.39, 0.29) is 24.2 Å². The number of halogens is 1. The quantitative estimate of drug-likeness (QED) is 0.458. The molecule has 0 aromatic heterocycles. The number of amides is 2. The minimum absolute atomic E-state index is 0.153. The maximum absolute atomic E-state index is 13.0. The van der Waals surface area contributed by atoms with Crippen LogP contribution in [0.4, 0.5) is 10.1 Å². The second-order valence-corrected chi connectivity index (χ2v) is 5.31. The smallest absolute Gasteiger partial charge is 0.354 e. The first-order valence-electron chi connectivity index (χ1n) is 6.85. The standard InChI is InChI=1S/C14H11FN4O5/c1-24-12(21)10-6-14(19(16-10)17-23)7-11(20)18(13(14)22)9-4-2-8(15)3-5-9/h2-5H,6-7H2,1H3/t14-/m0/s1. The summed E-state index contributed by atoms with van der Waals surface area (Å²) in [5.41, 5.74) is -1.73. The van der Waals surface area contributed by atoms with Gasteiger partial charge in [0.25, 0.3) is 5.91 Å². The Morgan fingerprint density at radius 2 is 1.96 bits per heavy atom. The van der Waals surface area contributed by atoms with Crippen LogP contribution in [0.1, 0.15) is 12.8 Å². The first kappa shape index (κ1) is 15.7. The van der Waals surface area contributed by atoms with Gasteiger partial charge in [-0.2, -0.15) is 0 Å². The van der Waals surface area contributed by atoms with Gasteiger partial charge in [0.1, 0.15) is 5.82 Å². The number of ether oxygens (including phenoxy) is 1. The molecule has 3 rings (SSSR count). The highest BCUT2D eigenvalue weighted by atomic mass is 19.1. The van der Waals surface area contributed by atoms with Crippen molar-refractivity contribution < 1.29 is 23.5 Å². The van der Waals surface area contributed by atoms with E-state index in [4.69, 9.17) is 0 Å². The van der Waals surface area contributed by atoms with Crippen LogP contribution >= 0.6 is 0 Å². The predicted octanol–water partition coefficient (Wildman–Crippen LogP) is 0.744. The van der Waals surface area contributed by atoms with Gasteiger partial charge in [0.05, 0.1) is 24.5 Å². The van der Waals surface area contributed by atoms with E-state index in [2.05, 4.69) is 15.1 Å². The largest absolute Gasteiger partial charge is 0.464 e. The maximum atomic E-state index is 13.0. The van der Waals surface area contributed by atoms with E-state index in [9.17, 15) is 23.7 Å². The summed E-state index contributed by atoms with van der Waals surface area (Å²) in [6.07, 6.45) is -0.674. The normalized spacial score (nSPS) is 23.0. The molecule has 1 aromatic carbocycles. The van der Waals surface area contributed by atoms with Gasteiger partial charge in [0.2, 0.25) is 5.91 Å². The molecule has 10 heteroatoms. The van der Waals surface area contributed by atoms with Gasteiger partial charge in [-0.05, 0) is 24.3 Å². The van der Waals surface area contributed by atoms with Crippen LogP contribution in [0.15, 0.2) is 34.7 Å². The number of carbonyl (C=O) groups excluding carboxylic acids is 3. The lowest BCUT2D eigenvalue weighted by atomic mass is 9.92. The second kappa shape index (κ2) is 5.48. The molecule has 0 radical (unpaired) electrons. The average Bonchev–Trinajstić information content (AvgIpc) is 3.06. The second-order valence-electron chi connectivity index (χ2n) is 5.31. The van der Waals surface area contributed by atoms with Gasteiger partial charge >= 0.3 is 5.97 Å². The van der Waals surface area contributed by atoms with Crippen LogP contribution < -0.4 is 4.90 Å². The lowest BCUT2D eigenvalue weighted by Crippen LogP contribution is -2.48. The van der Waals surface area contributed by atoms with Gasteiger partial charge in [0, 0.05) is 6.42 Å². The molecule has 0 unspecified atom stereocenters. The van der Waals surface area contributed by atoms with Gasteiger partial charge in [0.15, 0.2) is 11.3 Å². The number of nitroso groups, excluding NO2 is 1. The number of carbonyl (C=O) groups is 3. The van der Waals surface area contributed by atoms with Crippen LogP contribution in [0.3, 0.4) is 0 Å².